The summed E-state index contributed by atoms with van der Waals surface area (Å²) in [5, 5.41) is 3.07. The fraction of sp³-hybridized carbons (Fsp3) is 0.629. The molecule has 2 aromatic carbocycles. The number of amides is 1. The summed E-state index contributed by atoms with van der Waals surface area (Å²) in [6, 6.07) is 14.0. The zero-order valence-corrected chi connectivity index (χ0v) is 27.2. The first-order valence-electron chi connectivity index (χ1n) is 16.8. The second-order valence-electron chi connectivity index (χ2n) is 13.4. The van der Waals surface area contributed by atoms with E-state index < -0.39 is 33.7 Å². The number of rotatable bonds is 11. The molecular formula is C35H48F3N3O3S. The standard InChI is InChI=1S/C35H48F3N3O3S/c1-27(32-14-5-6-25-41(32)45(43,44)31-13-9-12-30(26-31)35(36,37)38)33(42)39-22-18-29-16-20-34(21-17-29,40-23-7-8-24-40)19-15-28-10-3-2-4-11-28/h2-4,9-13,26-27,29,32H,5-8,14-25H2,1H3,(H,39,42). The smallest absolute Gasteiger partial charge is 0.356 e. The lowest BCUT2D eigenvalue weighted by Gasteiger charge is -2.47. The Labute approximate surface area is 266 Å². The molecule has 2 heterocycles. The molecule has 1 aliphatic carbocycles. The summed E-state index contributed by atoms with van der Waals surface area (Å²) in [5.74, 6) is -0.269. The number of alkyl halides is 3. The fourth-order valence-corrected chi connectivity index (χ4v) is 9.68. The number of nitrogens with zero attached hydrogens (tertiary/aromatic N) is 2. The molecule has 2 aromatic rings. The van der Waals surface area contributed by atoms with E-state index in [1.54, 1.807) is 6.92 Å². The molecule has 0 bridgehead atoms. The summed E-state index contributed by atoms with van der Waals surface area (Å²) in [5.41, 5.74) is 0.657. The van der Waals surface area contributed by atoms with Gasteiger partial charge in [-0.25, -0.2) is 8.42 Å². The van der Waals surface area contributed by atoms with E-state index in [0.717, 1.165) is 44.2 Å². The van der Waals surface area contributed by atoms with Crippen LogP contribution < -0.4 is 5.32 Å². The molecule has 248 valence electrons. The lowest BCUT2D eigenvalue weighted by Crippen LogP contribution is -2.51. The number of piperidine rings is 1. The molecule has 5 rings (SSSR count). The molecule has 2 atom stereocenters. The first-order valence-corrected chi connectivity index (χ1v) is 18.2. The molecule has 10 heteroatoms. The molecule has 2 saturated heterocycles. The Morgan fingerprint density at radius 1 is 0.956 bits per heavy atom. The second kappa shape index (κ2) is 14.6. The first-order chi connectivity index (χ1) is 21.5. The van der Waals surface area contributed by atoms with E-state index in [1.807, 2.05) is 0 Å². The number of sulfonamides is 1. The zero-order chi connectivity index (χ0) is 32.1. The van der Waals surface area contributed by atoms with Crippen LogP contribution in [0, 0.1) is 11.8 Å². The normalized spacial score (nSPS) is 26.0. The van der Waals surface area contributed by atoms with E-state index >= 15 is 0 Å². The van der Waals surface area contributed by atoms with Crippen molar-refractivity contribution >= 4 is 15.9 Å². The fourth-order valence-electron chi connectivity index (χ4n) is 7.87. The Balaban J connectivity index is 1.15. The molecule has 1 saturated carbocycles. The van der Waals surface area contributed by atoms with Crippen LogP contribution in [0.1, 0.15) is 88.7 Å². The Morgan fingerprint density at radius 2 is 1.64 bits per heavy atom. The molecule has 2 unspecified atom stereocenters. The van der Waals surface area contributed by atoms with Gasteiger partial charge < -0.3 is 5.32 Å². The average Bonchev–Trinajstić information content (AvgIpc) is 3.60. The molecule has 2 aliphatic heterocycles. The number of aryl methyl sites for hydroxylation is 1. The van der Waals surface area contributed by atoms with Crippen molar-refractivity contribution < 1.29 is 26.4 Å². The number of likely N-dealkylation sites (tertiary alicyclic amines) is 1. The monoisotopic (exact) mass is 647 g/mol. The van der Waals surface area contributed by atoms with Crippen molar-refractivity contribution in [1.82, 2.24) is 14.5 Å². The van der Waals surface area contributed by atoms with Gasteiger partial charge in [0.1, 0.15) is 0 Å². The summed E-state index contributed by atoms with van der Waals surface area (Å²) in [6.07, 6.45) is 7.59. The Bertz CT molecular complexity index is 1370. The minimum atomic E-state index is -4.64. The van der Waals surface area contributed by atoms with Gasteiger partial charge in [0.2, 0.25) is 15.9 Å². The van der Waals surface area contributed by atoms with Gasteiger partial charge in [0.15, 0.2) is 0 Å². The van der Waals surface area contributed by atoms with E-state index in [0.29, 0.717) is 31.4 Å². The molecule has 1 amide bonds. The number of carbonyl (C=O) groups is 1. The average molecular weight is 648 g/mol. The van der Waals surface area contributed by atoms with E-state index in [2.05, 4.69) is 40.5 Å². The maximum Gasteiger partial charge on any atom is 0.416 e. The van der Waals surface area contributed by atoms with Crippen molar-refractivity contribution in [2.24, 2.45) is 11.8 Å². The van der Waals surface area contributed by atoms with Crippen LogP contribution >= 0.6 is 0 Å². The summed E-state index contributed by atoms with van der Waals surface area (Å²) in [6.45, 7) is 4.84. The van der Waals surface area contributed by atoms with Gasteiger partial charge in [-0.05, 0) is 113 Å². The summed E-state index contributed by atoms with van der Waals surface area (Å²) in [7, 11) is -4.20. The maximum absolute atomic E-state index is 13.5. The summed E-state index contributed by atoms with van der Waals surface area (Å²) >= 11 is 0. The number of hydrogen-bond donors (Lipinski definition) is 1. The molecule has 45 heavy (non-hydrogen) atoms. The van der Waals surface area contributed by atoms with Gasteiger partial charge in [0.05, 0.1) is 16.4 Å². The van der Waals surface area contributed by atoms with Crippen LogP contribution in [0.3, 0.4) is 0 Å². The van der Waals surface area contributed by atoms with Crippen LogP contribution in [0.5, 0.6) is 0 Å². The number of nitrogens with one attached hydrogen (secondary N) is 1. The van der Waals surface area contributed by atoms with Crippen molar-refractivity contribution in [1.29, 1.82) is 0 Å². The third kappa shape index (κ3) is 8.11. The lowest BCUT2D eigenvalue weighted by atomic mass is 9.72. The Hall–Kier alpha value is -2.43. The highest BCUT2D eigenvalue weighted by Gasteiger charge is 2.42. The van der Waals surface area contributed by atoms with Gasteiger partial charge in [0.25, 0.3) is 0 Å². The number of halogens is 3. The highest BCUT2D eigenvalue weighted by Crippen LogP contribution is 2.42. The molecule has 0 aromatic heterocycles. The number of hydrogen-bond acceptors (Lipinski definition) is 4. The van der Waals surface area contributed by atoms with E-state index in [-0.39, 0.29) is 22.9 Å². The molecule has 0 spiro atoms. The van der Waals surface area contributed by atoms with Crippen LogP contribution in [-0.2, 0) is 27.4 Å². The van der Waals surface area contributed by atoms with E-state index in [9.17, 15) is 26.4 Å². The SMILES string of the molecule is CC(C(=O)NCCC1CCC(CCc2ccccc2)(N2CCCC2)CC1)C1CCCCN1S(=O)(=O)c1cccc(C(F)(F)F)c1. The minimum Gasteiger partial charge on any atom is -0.356 e. The quantitative estimate of drug-likeness (QED) is 0.284. The third-order valence-corrected chi connectivity index (χ3v) is 12.6. The molecular weight excluding hydrogens is 599 g/mol. The number of carbonyl (C=O) groups excluding carboxylic acids is 1. The molecule has 1 N–H and O–H groups in total. The zero-order valence-electron chi connectivity index (χ0n) is 26.4. The third-order valence-electron chi connectivity index (χ3n) is 10.6. The summed E-state index contributed by atoms with van der Waals surface area (Å²) < 4.78 is 68.2. The molecule has 6 nitrogen and oxygen atoms in total. The van der Waals surface area contributed by atoms with Crippen LogP contribution in [-0.4, -0.2) is 61.3 Å². The van der Waals surface area contributed by atoms with Gasteiger partial charge in [-0.1, -0.05) is 49.7 Å². The Kier molecular flexibility index (Phi) is 11.0. The second-order valence-corrected chi connectivity index (χ2v) is 15.3. The van der Waals surface area contributed by atoms with Gasteiger partial charge in [-0.2, -0.15) is 17.5 Å². The predicted octanol–water partition coefficient (Wildman–Crippen LogP) is 7.05. The van der Waals surface area contributed by atoms with Crippen LogP contribution in [0.4, 0.5) is 13.2 Å². The largest absolute Gasteiger partial charge is 0.416 e. The summed E-state index contributed by atoms with van der Waals surface area (Å²) in [4.78, 5) is 15.7. The van der Waals surface area contributed by atoms with Crippen molar-refractivity contribution in [3.05, 3.63) is 65.7 Å². The van der Waals surface area contributed by atoms with Gasteiger partial charge in [0, 0.05) is 24.7 Å². The molecule has 3 aliphatic rings. The first kappa shape index (κ1) is 33.9. The van der Waals surface area contributed by atoms with Gasteiger partial charge in [-0.3, -0.25) is 9.69 Å². The van der Waals surface area contributed by atoms with Crippen molar-refractivity contribution in [2.75, 3.05) is 26.2 Å². The predicted molar refractivity (Wildman–Crippen MR) is 170 cm³/mol. The lowest BCUT2D eigenvalue weighted by molar-refractivity contribution is -0.137. The Morgan fingerprint density at radius 3 is 2.33 bits per heavy atom. The van der Waals surface area contributed by atoms with Crippen LogP contribution in [0.15, 0.2) is 59.5 Å². The van der Waals surface area contributed by atoms with Crippen molar-refractivity contribution in [3.8, 4) is 0 Å². The van der Waals surface area contributed by atoms with Gasteiger partial charge >= 0.3 is 6.18 Å². The molecule has 3 fully saturated rings. The van der Waals surface area contributed by atoms with Crippen molar-refractivity contribution in [2.45, 2.75) is 107 Å². The topological polar surface area (TPSA) is 69.7 Å². The van der Waals surface area contributed by atoms with Crippen LogP contribution in [0.25, 0.3) is 0 Å². The van der Waals surface area contributed by atoms with Crippen LogP contribution in [0.2, 0.25) is 0 Å². The highest BCUT2D eigenvalue weighted by atomic mass is 32.2. The molecule has 0 radical (unpaired) electrons. The van der Waals surface area contributed by atoms with E-state index in [4.69, 9.17) is 0 Å². The van der Waals surface area contributed by atoms with Crippen molar-refractivity contribution in [3.63, 3.8) is 0 Å². The van der Waals surface area contributed by atoms with Gasteiger partial charge in [-0.15, -0.1) is 0 Å². The number of benzene rings is 2. The minimum absolute atomic E-state index is 0.186. The van der Waals surface area contributed by atoms with E-state index in [1.165, 1.54) is 61.1 Å². The maximum atomic E-state index is 13.5. The highest BCUT2D eigenvalue weighted by molar-refractivity contribution is 7.89.